The molecule has 280 valence electrons. The highest BCUT2D eigenvalue weighted by atomic mass is 15.2. The molecule has 0 amide bonds. The van der Waals surface area contributed by atoms with Crippen LogP contribution >= 0.6 is 0 Å². The smallest absolute Gasteiger partial charge is 0.0781 e. The Labute approximate surface area is 345 Å². The second kappa shape index (κ2) is 13.9. The van der Waals surface area contributed by atoms with Crippen molar-refractivity contribution >= 4 is 66.4 Å². The minimum atomic E-state index is -0.268. The molecule has 0 N–H and O–H groups in total. The fraction of sp³-hybridized carbons (Fsp3) is 0.0526. The van der Waals surface area contributed by atoms with Crippen LogP contribution in [0, 0.1) is 0 Å². The summed E-state index contributed by atoms with van der Waals surface area (Å²) in [6, 6.07) is 80.1. The van der Waals surface area contributed by atoms with E-state index in [9.17, 15) is 0 Å². The van der Waals surface area contributed by atoms with Gasteiger partial charge in [0.15, 0.2) is 0 Å². The van der Waals surface area contributed by atoms with Crippen LogP contribution in [-0.4, -0.2) is 0 Å². The third-order valence-electron chi connectivity index (χ3n) is 12.4. The van der Waals surface area contributed by atoms with Crippen LogP contribution in [0.3, 0.4) is 0 Å². The second-order valence-electron chi connectivity index (χ2n) is 16.1. The first kappa shape index (κ1) is 34.8. The minimum absolute atomic E-state index is 0.268. The van der Waals surface area contributed by atoms with Gasteiger partial charge in [0.1, 0.15) is 0 Å². The van der Waals surface area contributed by atoms with E-state index in [0.717, 1.165) is 22.7 Å². The van der Waals surface area contributed by atoms with Gasteiger partial charge in [0.25, 0.3) is 0 Å². The summed E-state index contributed by atoms with van der Waals surface area (Å²) < 4.78 is 0. The van der Waals surface area contributed by atoms with Crippen LogP contribution in [0.15, 0.2) is 218 Å². The molecule has 1 aliphatic rings. The number of fused-ring (bicyclic) bond motifs is 5. The standard InChI is InChI=1S/C57H42N2/c1-57(2)50-27-12-13-28-53(50)59(54-36-33-44(38-51(54)57)47-26-14-21-41-18-6-9-23-46(41)47)56-49-25-11-8-20-43(49)32-37-55(56)58(52-29-15-22-42-19-7-10-24-48(42)52)45-34-30-40(31-35-45)39-16-4-3-5-17-39/h3-38H,1-2H3. The maximum atomic E-state index is 2.55. The van der Waals surface area contributed by atoms with Gasteiger partial charge in [-0.1, -0.05) is 190 Å². The highest BCUT2D eigenvalue weighted by molar-refractivity contribution is 6.11. The molecule has 0 saturated carbocycles. The summed E-state index contributed by atoms with van der Waals surface area (Å²) in [5.74, 6) is 0. The number of anilines is 6. The predicted octanol–water partition coefficient (Wildman–Crippen LogP) is 16.1. The summed E-state index contributed by atoms with van der Waals surface area (Å²) in [5, 5.41) is 7.30. The van der Waals surface area contributed by atoms with Crippen molar-refractivity contribution in [2.24, 2.45) is 0 Å². The van der Waals surface area contributed by atoms with Crippen molar-refractivity contribution in [1.29, 1.82) is 0 Å². The van der Waals surface area contributed by atoms with Gasteiger partial charge in [0.2, 0.25) is 0 Å². The Hall–Kier alpha value is -7.42. The molecule has 11 rings (SSSR count). The largest absolute Gasteiger partial charge is 0.308 e. The van der Waals surface area contributed by atoms with E-state index < -0.39 is 0 Å². The molecule has 2 nitrogen and oxygen atoms in total. The van der Waals surface area contributed by atoms with Gasteiger partial charge in [0, 0.05) is 21.9 Å². The quantitative estimate of drug-likeness (QED) is 0.167. The van der Waals surface area contributed by atoms with E-state index in [1.165, 1.54) is 77.1 Å². The Morgan fingerprint density at radius 3 is 1.71 bits per heavy atom. The summed E-state index contributed by atoms with van der Waals surface area (Å²) in [7, 11) is 0. The lowest BCUT2D eigenvalue weighted by atomic mass is 9.72. The zero-order valence-corrected chi connectivity index (χ0v) is 33.2. The summed E-state index contributed by atoms with van der Waals surface area (Å²) in [5.41, 5.74) is 14.0. The van der Waals surface area contributed by atoms with Gasteiger partial charge < -0.3 is 9.80 Å². The fourth-order valence-corrected chi connectivity index (χ4v) is 9.49. The maximum Gasteiger partial charge on any atom is 0.0781 e. The molecule has 10 aromatic carbocycles. The normalized spacial score (nSPS) is 13.0. The van der Waals surface area contributed by atoms with Gasteiger partial charge in [-0.2, -0.15) is 0 Å². The second-order valence-corrected chi connectivity index (χ2v) is 16.1. The molecule has 10 aromatic rings. The molecule has 0 unspecified atom stereocenters. The molecule has 0 radical (unpaired) electrons. The van der Waals surface area contributed by atoms with E-state index in [0.29, 0.717) is 0 Å². The third kappa shape index (κ3) is 5.71. The Bertz CT molecular complexity index is 3190. The van der Waals surface area contributed by atoms with Crippen LogP contribution < -0.4 is 9.80 Å². The first-order valence-corrected chi connectivity index (χ1v) is 20.5. The van der Waals surface area contributed by atoms with Crippen molar-refractivity contribution in [3.63, 3.8) is 0 Å². The lowest BCUT2D eigenvalue weighted by molar-refractivity contribution is 0.632. The van der Waals surface area contributed by atoms with Crippen molar-refractivity contribution in [1.82, 2.24) is 0 Å². The highest BCUT2D eigenvalue weighted by Gasteiger charge is 2.39. The Morgan fingerprint density at radius 1 is 0.373 bits per heavy atom. The summed E-state index contributed by atoms with van der Waals surface area (Å²) in [4.78, 5) is 5.03. The van der Waals surface area contributed by atoms with Crippen LogP contribution in [-0.2, 0) is 5.41 Å². The molecule has 1 heterocycles. The van der Waals surface area contributed by atoms with Crippen LogP contribution in [0.1, 0.15) is 25.0 Å². The van der Waals surface area contributed by atoms with Gasteiger partial charge in [-0.3, -0.25) is 0 Å². The zero-order valence-electron chi connectivity index (χ0n) is 33.2. The Morgan fingerprint density at radius 2 is 0.932 bits per heavy atom. The van der Waals surface area contributed by atoms with E-state index in [4.69, 9.17) is 0 Å². The predicted molar refractivity (Wildman–Crippen MR) is 251 cm³/mol. The molecule has 2 heteroatoms. The van der Waals surface area contributed by atoms with Gasteiger partial charge >= 0.3 is 0 Å². The Kier molecular flexibility index (Phi) is 8.20. The molecule has 0 bridgehead atoms. The molecule has 0 fully saturated rings. The van der Waals surface area contributed by atoms with Crippen molar-refractivity contribution in [2.45, 2.75) is 19.3 Å². The topological polar surface area (TPSA) is 6.48 Å². The molecule has 0 saturated heterocycles. The lowest BCUT2D eigenvalue weighted by Crippen LogP contribution is -2.31. The first-order valence-electron chi connectivity index (χ1n) is 20.5. The van der Waals surface area contributed by atoms with Crippen LogP contribution in [0.4, 0.5) is 34.1 Å². The molecule has 1 aliphatic heterocycles. The fourth-order valence-electron chi connectivity index (χ4n) is 9.49. The van der Waals surface area contributed by atoms with E-state index in [1.807, 2.05) is 0 Å². The zero-order chi connectivity index (χ0) is 39.5. The first-order chi connectivity index (χ1) is 29.0. The van der Waals surface area contributed by atoms with Crippen molar-refractivity contribution in [2.75, 3.05) is 9.80 Å². The molecule has 0 aromatic heterocycles. The van der Waals surface area contributed by atoms with E-state index in [2.05, 4.69) is 242 Å². The number of hydrogen-bond acceptors (Lipinski definition) is 2. The molecule has 0 atom stereocenters. The van der Waals surface area contributed by atoms with E-state index in [1.54, 1.807) is 0 Å². The lowest BCUT2D eigenvalue weighted by Gasteiger charge is -2.44. The number of hydrogen-bond donors (Lipinski definition) is 0. The van der Waals surface area contributed by atoms with Gasteiger partial charge in [0.05, 0.1) is 28.4 Å². The molecule has 0 spiro atoms. The molecular formula is C57H42N2. The number of nitrogens with zero attached hydrogens (tertiary/aromatic N) is 2. The number of rotatable bonds is 6. The molecular weight excluding hydrogens is 713 g/mol. The van der Waals surface area contributed by atoms with Crippen molar-refractivity contribution in [3.05, 3.63) is 230 Å². The van der Waals surface area contributed by atoms with Crippen molar-refractivity contribution in [3.8, 4) is 22.3 Å². The van der Waals surface area contributed by atoms with Crippen molar-refractivity contribution < 1.29 is 0 Å². The number of benzene rings is 10. The van der Waals surface area contributed by atoms with Crippen LogP contribution in [0.25, 0.3) is 54.6 Å². The average molecular weight is 755 g/mol. The molecule has 0 aliphatic carbocycles. The van der Waals surface area contributed by atoms with E-state index >= 15 is 0 Å². The highest BCUT2D eigenvalue weighted by Crippen LogP contribution is 2.57. The SMILES string of the molecule is CC1(C)c2ccccc2N(c2c(N(c3ccc(-c4ccccc4)cc3)c3cccc4ccccc34)ccc3ccccc23)c2ccc(-c3cccc4ccccc34)cc21. The van der Waals surface area contributed by atoms with Gasteiger partial charge in [-0.25, -0.2) is 0 Å². The van der Waals surface area contributed by atoms with Gasteiger partial charge in [-0.05, 0) is 97.4 Å². The van der Waals surface area contributed by atoms with Crippen LogP contribution in [0.2, 0.25) is 0 Å². The minimum Gasteiger partial charge on any atom is -0.308 e. The maximum absolute atomic E-state index is 2.55. The Balaban J connectivity index is 1.20. The summed E-state index contributed by atoms with van der Waals surface area (Å²) in [6.07, 6.45) is 0. The van der Waals surface area contributed by atoms with E-state index in [-0.39, 0.29) is 5.41 Å². The monoisotopic (exact) mass is 754 g/mol. The van der Waals surface area contributed by atoms with Gasteiger partial charge in [-0.15, -0.1) is 0 Å². The summed E-state index contributed by atoms with van der Waals surface area (Å²) >= 11 is 0. The van der Waals surface area contributed by atoms with Crippen LogP contribution in [0.5, 0.6) is 0 Å². The average Bonchev–Trinajstić information content (AvgIpc) is 3.30. The third-order valence-corrected chi connectivity index (χ3v) is 12.4. The number of para-hydroxylation sites is 1. The molecule has 59 heavy (non-hydrogen) atoms. The summed E-state index contributed by atoms with van der Waals surface area (Å²) in [6.45, 7) is 4.77.